The number of thioether (sulfide) groups is 1. The van der Waals surface area contributed by atoms with Gasteiger partial charge in [-0.1, -0.05) is 106 Å². The van der Waals surface area contributed by atoms with Crippen molar-refractivity contribution < 1.29 is 80.5 Å². The average Bonchev–Trinajstić information content (AvgIpc) is 3.88. The Bertz CT molecular complexity index is 2340. The molecule has 0 aromatic carbocycles. The number of aliphatic hydroxyl groups is 2. The maximum atomic E-state index is 12.8. The number of anilines is 1. The Labute approximate surface area is 429 Å². The van der Waals surface area contributed by atoms with Crippen LogP contribution < -0.4 is 16.4 Å². The Morgan fingerprint density at radius 3 is 2.03 bits per heavy atom. The number of unbranched alkanes of at least 4 members (excludes halogenated alkanes) is 5. The zero-order chi connectivity index (χ0) is 53.9. The number of allylic oxidation sites excluding steroid dienone is 10. The molecule has 1 saturated heterocycles. The van der Waals surface area contributed by atoms with Gasteiger partial charge in [-0.2, -0.15) is 4.31 Å². The first-order valence-electron chi connectivity index (χ1n) is 23.9. The number of hydrogen-bond acceptors (Lipinski definition) is 18. The number of nitrogens with two attached hydrogens (primary N) is 1. The molecule has 1 aliphatic rings. The number of amides is 2. The number of nitrogen functional groups attached to an aromatic ring is 1. The second-order valence-corrected chi connectivity index (χ2v) is 22.7. The topological polar surface area (TPSA) is 364 Å². The number of aliphatic hydroxyl groups excluding tert-OH is 2. The molecule has 24 nitrogen and oxygen atoms in total. The zero-order valence-corrected chi connectivity index (χ0v) is 44.8. The van der Waals surface area contributed by atoms with E-state index in [9.17, 15) is 57.9 Å². The first kappa shape index (κ1) is 63.6. The van der Waals surface area contributed by atoms with Crippen LogP contribution >= 0.6 is 35.2 Å². The minimum atomic E-state index is -5.58. The van der Waals surface area contributed by atoms with Crippen molar-refractivity contribution in [3.63, 3.8) is 0 Å². The van der Waals surface area contributed by atoms with Gasteiger partial charge in [0.05, 0.1) is 19.5 Å². The molecule has 10 N–H and O–H groups in total. The van der Waals surface area contributed by atoms with Gasteiger partial charge in [0.15, 0.2) is 22.8 Å². The molecule has 0 saturated carbocycles. The number of rotatable bonds is 36. The number of carbonyl (C=O) groups excluding carboxylic acids is 3. The van der Waals surface area contributed by atoms with Crippen LogP contribution in [0, 0.1) is 5.41 Å². The molecule has 0 aliphatic carbocycles. The van der Waals surface area contributed by atoms with Crippen LogP contribution in [-0.4, -0.2) is 123 Å². The summed E-state index contributed by atoms with van der Waals surface area (Å²) < 4.78 is 62.5. The van der Waals surface area contributed by atoms with Gasteiger partial charge in [-0.3, -0.25) is 32.5 Å². The van der Waals surface area contributed by atoms with Crippen LogP contribution in [0.15, 0.2) is 73.4 Å². The molecule has 28 heteroatoms. The second kappa shape index (κ2) is 32.6. The molecule has 7 atom stereocenters. The van der Waals surface area contributed by atoms with Crippen molar-refractivity contribution in [3.05, 3.63) is 73.4 Å². The summed E-state index contributed by atoms with van der Waals surface area (Å²) in [5, 5.41) is 26.6. The second-order valence-electron chi connectivity index (χ2n) is 17.3. The molecular weight excluding hydrogens is 1040 g/mol. The first-order chi connectivity index (χ1) is 34.6. The number of phosphoric ester groups is 3. The highest BCUT2D eigenvalue weighted by atomic mass is 32.2. The lowest BCUT2D eigenvalue weighted by atomic mass is 9.87. The number of phosphoric acid groups is 3. The summed E-state index contributed by atoms with van der Waals surface area (Å²) in [5.74, 6) is -1.08. The fraction of sp³-hybridized carbons (Fsp3) is 0.600. The van der Waals surface area contributed by atoms with Gasteiger partial charge in [0, 0.05) is 37.1 Å². The molecule has 73 heavy (non-hydrogen) atoms. The third-order valence-corrected chi connectivity index (χ3v) is 14.7. The fourth-order valence-electron chi connectivity index (χ4n) is 6.73. The van der Waals surface area contributed by atoms with Crippen molar-refractivity contribution >= 4 is 69.1 Å². The van der Waals surface area contributed by atoms with Gasteiger partial charge in [-0.15, -0.1) is 0 Å². The Hall–Kier alpha value is -3.74. The lowest BCUT2D eigenvalue weighted by Gasteiger charge is -2.30. The molecule has 0 bridgehead atoms. The third-order valence-electron chi connectivity index (χ3n) is 10.7. The summed E-state index contributed by atoms with van der Waals surface area (Å²) >= 11 is 1.12. The molecule has 2 amide bonds. The van der Waals surface area contributed by atoms with Crippen LogP contribution in [-0.2, 0) is 50.7 Å². The lowest BCUT2D eigenvalue weighted by Crippen LogP contribution is -2.46. The van der Waals surface area contributed by atoms with Crippen molar-refractivity contribution in [1.29, 1.82) is 0 Å². The SMILES string of the molecule is CCCCC/C=C\C/C=C\C/C=C\C/C=C\C/C=C\CCCCC(=O)SCCNC(=O)CCNC(=O)[C@H](O)C(C)(C)COP(=O)(O)OP(=O)(O)OC[C@H]1O[C@@H](n2cnc3c(N)ncnc32)[C@H](O)[C@@H]1OP(=O)(O)O. The average molecular weight is 1110 g/mol. The van der Waals surface area contributed by atoms with E-state index in [1.54, 1.807) is 0 Å². The molecule has 0 spiro atoms. The van der Waals surface area contributed by atoms with Crippen LogP contribution in [0.25, 0.3) is 11.2 Å². The molecule has 0 radical (unpaired) electrons. The van der Waals surface area contributed by atoms with Crippen LogP contribution in [0.2, 0.25) is 0 Å². The summed E-state index contributed by atoms with van der Waals surface area (Å²) in [6.45, 7) is 2.73. The molecule has 2 unspecified atom stereocenters. The van der Waals surface area contributed by atoms with Gasteiger partial charge in [0.2, 0.25) is 11.8 Å². The van der Waals surface area contributed by atoms with Crippen molar-refractivity contribution in [2.45, 2.75) is 135 Å². The number of hydrogen-bond donors (Lipinski definition) is 9. The molecular formula is C45H72N7O17P3S. The third kappa shape index (κ3) is 25.1. The maximum absolute atomic E-state index is 12.8. The van der Waals surface area contributed by atoms with Gasteiger partial charge in [0.1, 0.15) is 36.3 Å². The number of nitrogens with one attached hydrogen (secondary N) is 2. The quantitative estimate of drug-likeness (QED) is 0.0210. The van der Waals surface area contributed by atoms with E-state index in [0.717, 1.165) is 73.9 Å². The predicted molar refractivity (Wildman–Crippen MR) is 274 cm³/mol. The minimum absolute atomic E-state index is 0.0243. The summed E-state index contributed by atoms with van der Waals surface area (Å²) in [4.78, 5) is 88.5. The van der Waals surface area contributed by atoms with E-state index < -0.39 is 84.6 Å². The van der Waals surface area contributed by atoms with Gasteiger partial charge in [-0.05, 0) is 57.8 Å². The molecule has 2 aromatic heterocycles. The maximum Gasteiger partial charge on any atom is 0.481 e. The number of imidazole rings is 1. The number of carbonyl (C=O) groups is 3. The van der Waals surface area contributed by atoms with E-state index >= 15 is 0 Å². The Morgan fingerprint density at radius 2 is 1.42 bits per heavy atom. The Morgan fingerprint density at radius 1 is 0.836 bits per heavy atom. The fourth-order valence-corrected chi connectivity index (χ4v) is 10.3. The number of aromatic nitrogens is 4. The van der Waals surface area contributed by atoms with E-state index in [0.29, 0.717) is 12.2 Å². The number of ether oxygens (including phenoxy) is 1. The highest BCUT2D eigenvalue weighted by Gasteiger charge is 2.50. The van der Waals surface area contributed by atoms with Crippen LogP contribution in [0.3, 0.4) is 0 Å². The van der Waals surface area contributed by atoms with E-state index in [-0.39, 0.29) is 41.6 Å². The van der Waals surface area contributed by atoms with Crippen molar-refractivity contribution in [2.75, 3.05) is 37.8 Å². The molecule has 1 fully saturated rings. The zero-order valence-electron chi connectivity index (χ0n) is 41.3. The van der Waals surface area contributed by atoms with Gasteiger partial charge >= 0.3 is 23.5 Å². The number of fused-ring (bicyclic) bond motifs is 1. The highest BCUT2D eigenvalue weighted by Crippen LogP contribution is 2.61. The van der Waals surface area contributed by atoms with Gasteiger partial charge < -0.3 is 50.9 Å². The summed E-state index contributed by atoms with van der Waals surface area (Å²) in [7, 11) is -16.4. The van der Waals surface area contributed by atoms with Crippen molar-refractivity contribution in [1.82, 2.24) is 30.2 Å². The molecule has 410 valence electrons. The van der Waals surface area contributed by atoms with Crippen molar-refractivity contribution in [2.24, 2.45) is 5.41 Å². The minimum Gasteiger partial charge on any atom is -0.386 e. The monoisotopic (exact) mass is 1110 g/mol. The summed E-state index contributed by atoms with van der Waals surface area (Å²) in [6.07, 6.45) is 26.4. The molecule has 3 rings (SSSR count). The lowest BCUT2D eigenvalue weighted by molar-refractivity contribution is -0.137. The van der Waals surface area contributed by atoms with Gasteiger partial charge in [0.25, 0.3) is 0 Å². The van der Waals surface area contributed by atoms with E-state index in [4.69, 9.17) is 19.5 Å². The smallest absolute Gasteiger partial charge is 0.386 e. The summed E-state index contributed by atoms with van der Waals surface area (Å²) in [5.41, 5.74) is 4.28. The first-order valence-corrected chi connectivity index (χ1v) is 29.4. The van der Waals surface area contributed by atoms with E-state index in [2.05, 4.69) is 102 Å². The van der Waals surface area contributed by atoms with Crippen LogP contribution in [0.1, 0.15) is 110 Å². The largest absolute Gasteiger partial charge is 0.481 e. The van der Waals surface area contributed by atoms with E-state index in [1.165, 1.54) is 39.5 Å². The van der Waals surface area contributed by atoms with Gasteiger partial charge in [-0.25, -0.2) is 28.6 Å². The standard InChI is InChI=1S/C45H72N7O17P3S/c1-4-5-6-7-8-9-10-11-12-13-14-15-16-17-18-19-20-21-22-23-24-25-36(54)73-29-28-47-35(53)26-27-48-43(57)40(56)45(2,3)31-66-72(63,64)69-71(61,62)65-30-34-39(68-70(58,59)60)38(55)44(67-34)52-33-51-37-41(46)49-32-50-42(37)52/h8-9,11-12,14-15,17-18,20-21,32-34,38-40,44,55-56H,4-7,10,13,16,19,22-31H2,1-3H3,(H,47,53)(H,48,57)(H,61,62)(H,63,64)(H2,46,49,50)(H2,58,59,60)/b9-8-,12-11-,15-14-,18-17-,21-20-/t34-,38-,39-,40+,44-/m1/s1. The highest BCUT2D eigenvalue weighted by molar-refractivity contribution is 8.13. The molecule has 3 heterocycles. The Kier molecular flexibility index (Phi) is 28.4. The number of nitrogens with zero attached hydrogens (tertiary/aromatic N) is 4. The predicted octanol–water partition coefficient (Wildman–Crippen LogP) is 6.15. The van der Waals surface area contributed by atoms with Crippen LogP contribution in [0.5, 0.6) is 0 Å². The van der Waals surface area contributed by atoms with Crippen molar-refractivity contribution in [3.8, 4) is 0 Å². The van der Waals surface area contributed by atoms with E-state index in [1.807, 2.05) is 0 Å². The van der Waals surface area contributed by atoms with Crippen LogP contribution in [0.4, 0.5) is 5.82 Å². The molecule has 1 aliphatic heterocycles. The molecule has 2 aromatic rings. The Balaban J connectivity index is 1.26. The summed E-state index contributed by atoms with van der Waals surface area (Å²) in [6, 6.07) is 0. The normalized spacial score (nSPS) is 20.0.